The fraction of sp³-hybridized carbons (Fsp3) is 0.500. The first-order valence-electron chi connectivity index (χ1n) is 3.60. The average Bonchev–Trinajstić information content (AvgIpc) is 1.85. The maximum Gasteiger partial charge on any atom is 0.115 e. The Morgan fingerprint density at radius 1 is 1.55 bits per heavy atom. The van der Waals surface area contributed by atoms with E-state index in [4.69, 9.17) is 11.6 Å². The highest BCUT2D eigenvalue weighted by Crippen LogP contribution is 2.04. The van der Waals surface area contributed by atoms with Gasteiger partial charge in [-0.05, 0) is 19.9 Å². The van der Waals surface area contributed by atoms with E-state index in [1.54, 1.807) is 6.33 Å². The molecule has 0 aliphatic rings. The summed E-state index contributed by atoms with van der Waals surface area (Å²) < 4.78 is 0. The SMILES string of the molecule is Cc1cc(CC(C)Cl)ncn1. The van der Waals surface area contributed by atoms with Crippen molar-refractivity contribution in [3.63, 3.8) is 0 Å². The van der Waals surface area contributed by atoms with E-state index in [9.17, 15) is 0 Å². The lowest BCUT2D eigenvalue weighted by molar-refractivity contribution is 0.873. The molecule has 0 aliphatic carbocycles. The fourth-order valence-corrected chi connectivity index (χ4v) is 1.07. The van der Waals surface area contributed by atoms with Crippen molar-refractivity contribution in [1.29, 1.82) is 0 Å². The van der Waals surface area contributed by atoms with Gasteiger partial charge >= 0.3 is 0 Å². The molecule has 1 atom stereocenters. The highest BCUT2D eigenvalue weighted by atomic mass is 35.5. The van der Waals surface area contributed by atoms with Gasteiger partial charge in [0.05, 0.1) is 0 Å². The molecule has 0 N–H and O–H groups in total. The summed E-state index contributed by atoms with van der Waals surface area (Å²) in [6.45, 7) is 3.91. The van der Waals surface area contributed by atoms with Crippen LogP contribution in [0.25, 0.3) is 0 Å². The second kappa shape index (κ2) is 3.67. The van der Waals surface area contributed by atoms with Gasteiger partial charge in [0.2, 0.25) is 0 Å². The average molecular weight is 171 g/mol. The molecule has 0 aliphatic heterocycles. The van der Waals surface area contributed by atoms with Crippen molar-refractivity contribution >= 4 is 11.6 Å². The predicted octanol–water partition coefficient (Wildman–Crippen LogP) is 1.95. The van der Waals surface area contributed by atoms with Gasteiger partial charge in [0, 0.05) is 23.2 Å². The third-order valence-electron chi connectivity index (χ3n) is 1.35. The molecule has 2 nitrogen and oxygen atoms in total. The van der Waals surface area contributed by atoms with E-state index in [0.29, 0.717) is 0 Å². The van der Waals surface area contributed by atoms with Gasteiger partial charge in [0.25, 0.3) is 0 Å². The highest BCUT2D eigenvalue weighted by Gasteiger charge is 2.00. The van der Waals surface area contributed by atoms with Gasteiger partial charge in [-0.25, -0.2) is 9.97 Å². The topological polar surface area (TPSA) is 25.8 Å². The zero-order valence-corrected chi connectivity index (χ0v) is 7.47. The van der Waals surface area contributed by atoms with Crippen LogP contribution in [0.1, 0.15) is 18.3 Å². The number of rotatable bonds is 2. The van der Waals surface area contributed by atoms with E-state index < -0.39 is 0 Å². The lowest BCUT2D eigenvalue weighted by Gasteiger charge is -2.01. The Balaban J connectivity index is 2.71. The van der Waals surface area contributed by atoms with Gasteiger partial charge in [-0.2, -0.15) is 0 Å². The van der Waals surface area contributed by atoms with Crippen molar-refractivity contribution < 1.29 is 0 Å². The Kier molecular flexibility index (Phi) is 2.83. The molecule has 1 heterocycles. The molecular weight excluding hydrogens is 160 g/mol. The van der Waals surface area contributed by atoms with Crippen molar-refractivity contribution in [1.82, 2.24) is 9.97 Å². The summed E-state index contributed by atoms with van der Waals surface area (Å²) in [4.78, 5) is 8.08. The Morgan fingerprint density at radius 3 is 2.82 bits per heavy atom. The molecule has 0 bridgehead atoms. The molecule has 11 heavy (non-hydrogen) atoms. The maximum absolute atomic E-state index is 5.80. The second-order valence-electron chi connectivity index (χ2n) is 2.64. The molecule has 1 unspecified atom stereocenters. The van der Waals surface area contributed by atoms with Gasteiger partial charge in [-0.15, -0.1) is 11.6 Å². The molecule has 1 rings (SSSR count). The minimum atomic E-state index is 0.143. The lowest BCUT2D eigenvalue weighted by Crippen LogP contribution is -2.00. The molecule has 0 radical (unpaired) electrons. The van der Waals surface area contributed by atoms with E-state index in [2.05, 4.69) is 9.97 Å². The third-order valence-corrected chi connectivity index (χ3v) is 1.51. The third kappa shape index (κ3) is 2.85. The van der Waals surface area contributed by atoms with Crippen LogP contribution in [-0.4, -0.2) is 15.3 Å². The van der Waals surface area contributed by atoms with Crippen LogP contribution in [0, 0.1) is 6.92 Å². The fourth-order valence-electron chi connectivity index (χ4n) is 0.910. The van der Waals surface area contributed by atoms with Crippen molar-refractivity contribution in [2.24, 2.45) is 0 Å². The molecular formula is C8H11ClN2. The second-order valence-corrected chi connectivity index (χ2v) is 3.38. The summed E-state index contributed by atoms with van der Waals surface area (Å²) in [6.07, 6.45) is 2.38. The number of halogens is 1. The number of aryl methyl sites for hydroxylation is 1. The summed E-state index contributed by atoms with van der Waals surface area (Å²) in [5, 5.41) is 0.143. The van der Waals surface area contributed by atoms with Gasteiger partial charge in [-0.3, -0.25) is 0 Å². The summed E-state index contributed by atoms with van der Waals surface area (Å²) in [6, 6.07) is 1.96. The molecule has 0 saturated carbocycles. The summed E-state index contributed by atoms with van der Waals surface area (Å²) in [5.74, 6) is 0. The smallest absolute Gasteiger partial charge is 0.115 e. The highest BCUT2D eigenvalue weighted by molar-refractivity contribution is 6.20. The first-order valence-corrected chi connectivity index (χ1v) is 4.03. The molecule has 1 aromatic rings. The van der Waals surface area contributed by atoms with Crippen molar-refractivity contribution in [3.8, 4) is 0 Å². The van der Waals surface area contributed by atoms with E-state index in [1.165, 1.54) is 0 Å². The monoisotopic (exact) mass is 170 g/mol. The minimum Gasteiger partial charge on any atom is -0.242 e. The standard InChI is InChI=1S/C8H11ClN2/c1-6(9)3-8-4-7(2)10-5-11-8/h4-6H,3H2,1-2H3. The van der Waals surface area contributed by atoms with Crippen molar-refractivity contribution in [2.45, 2.75) is 25.6 Å². The Labute approximate surface area is 71.6 Å². The van der Waals surface area contributed by atoms with Crippen LogP contribution in [0.5, 0.6) is 0 Å². The van der Waals surface area contributed by atoms with Gasteiger partial charge < -0.3 is 0 Å². The number of aromatic nitrogens is 2. The summed E-state index contributed by atoms with van der Waals surface area (Å²) in [7, 11) is 0. The van der Waals surface area contributed by atoms with E-state index in [-0.39, 0.29) is 5.38 Å². The van der Waals surface area contributed by atoms with Crippen molar-refractivity contribution in [2.75, 3.05) is 0 Å². The lowest BCUT2D eigenvalue weighted by atomic mass is 10.2. The molecule has 0 spiro atoms. The molecule has 60 valence electrons. The Bertz CT molecular complexity index is 235. The molecule has 3 heteroatoms. The van der Waals surface area contributed by atoms with Crippen molar-refractivity contribution in [3.05, 3.63) is 23.8 Å². The molecule has 0 aromatic carbocycles. The van der Waals surface area contributed by atoms with E-state index >= 15 is 0 Å². The molecule has 1 aromatic heterocycles. The summed E-state index contributed by atoms with van der Waals surface area (Å²) >= 11 is 5.80. The largest absolute Gasteiger partial charge is 0.242 e. The number of alkyl halides is 1. The van der Waals surface area contributed by atoms with Crippen LogP contribution in [0.2, 0.25) is 0 Å². The van der Waals surface area contributed by atoms with Crippen LogP contribution in [0.3, 0.4) is 0 Å². The van der Waals surface area contributed by atoms with E-state index in [0.717, 1.165) is 17.8 Å². The first kappa shape index (κ1) is 8.47. The Morgan fingerprint density at radius 2 is 2.27 bits per heavy atom. The van der Waals surface area contributed by atoms with Crippen LogP contribution in [0.15, 0.2) is 12.4 Å². The number of nitrogens with zero attached hydrogens (tertiary/aromatic N) is 2. The maximum atomic E-state index is 5.80. The number of hydrogen-bond donors (Lipinski definition) is 0. The van der Waals surface area contributed by atoms with Gasteiger partial charge in [-0.1, -0.05) is 0 Å². The molecule has 0 saturated heterocycles. The van der Waals surface area contributed by atoms with Crippen LogP contribution >= 0.6 is 11.6 Å². The predicted molar refractivity (Wildman–Crippen MR) is 45.8 cm³/mol. The van der Waals surface area contributed by atoms with Gasteiger partial charge in [0.15, 0.2) is 0 Å². The van der Waals surface area contributed by atoms with Crippen LogP contribution < -0.4 is 0 Å². The van der Waals surface area contributed by atoms with Crippen LogP contribution in [0.4, 0.5) is 0 Å². The quantitative estimate of drug-likeness (QED) is 0.635. The van der Waals surface area contributed by atoms with E-state index in [1.807, 2.05) is 19.9 Å². The first-order chi connectivity index (χ1) is 5.18. The van der Waals surface area contributed by atoms with Gasteiger partial charge in [0.1, 0.15) is 6.33 Å². The van der Waals surface area contributed by atoms with Crippen LogP contribution in [-0.2, 0) is 6.42 Å². The summed E-state index contributed by atoms with van der Waals surface area (Å²) in [5.41, 5.74) is 2.01. The molecule has 0 fully saturated rings. The number of hydrogen-bond acceptors (Lipinski definition) is 2. The zero-order valence-electron chi connectivity index (χ0n) is 6.71. The Hall–Kier alpha value is -0.630. The minimum absolute atomic E-state index is 0.143. The zero-order chi connectivity index (χ0) is 8.27. The molecule has 0 amide bonds. The normalized spacial score (nSPS) is 13.0.